The Morgan fingerprint density at radius 3 is 2.63 bits per heavy atom. The number of nitrogens with zero attached hydrogens (tertiary/aromatic N) is 2. The predicted molar refractivity (Wildman–Crippen MR) is 108 cm³/mol. The Bertz CT molecular complexity index is 692. The second-order valence-electron chi connectivity index (χ2n) is 6.80. The molecule has 8 heteroatoms. The number of guanidine groups is 1. The maximum Gasteiger partial charge on any atom is 0.252 e. The number of nitrogens with one attached hydrogen (secondary N) is 3. The summed E-state index contributed by atoms with van der Waals surface area (Å²) in [6.07, 6.45) is 0.891. The van der Waals surface area contributed by atoms with Crippen molar-refractivity contribution in [2.45, 2.75) is 26.3 Å². The monoisotopic (exact) mass is 393 g/mol. The minimum Gasteiger partial charge on any atom is -0.355 e. The Morgan fingerprint density at radius 1 is 1.26 bits per heavy atom. The smallest absolute Gasteiger partial charge is 0.252 e. The molecule has 2 amide bonds. The van der Waals surface area contributed by atoms with Crippen molar-refractivity contribution in [3.05, 3.63) is 34.9 Å². The van der Waals surface area contributed by atoms with Crippen molar-refractivity contribution in [2.24, 2.45) is 10.9 Å². The number of aliphatic imine (C=N–C) groups is 1. The molecular weight excluding hydrogens is 366 g/mol. The summed E-state index contributed by atoms with van der Waals surface area (Å²) in [5.41, 5.74) is 0.461. The molecule has 1 aliphatic heterocycles. The number of hydrogen-bond acceptors (Lipinski definition) is 3. The van der Waals surface area contributed by atoms with Crippen LogP contribution in [-0.2, 0) is 4.79 Å². The van der Waals surface area contributed by atoms with Gasteiger partial charge in [0.2, 0.25) is 5.91 Å². The number of likely N-dealkylation sites (tertiary alicyclic amines) is 1. The molecule has 0 spiro atoms. The molecule has 1 atom stereocenters. The zero-order chi connectivity index (χ0) is 19.8. The summed E-state index contributed by atoms with van der Waals surface area (Å²) < 4.78 is 0. The zero-order valence-electron chi connectivity index (χ0n) is 16.1. The van der Waals surface area contributed by atoms with E-state index in [1.54, 1.807) is 31.3 Å². The quantitative estimate of drug-likeness (QED) is 0.388. The molecular formula is C19H28ClN5O2. The molecule has 1 aromatic rings. The van der Waals surface area contributed by atoms with Gasteiger partial charge in [0.05, 0.1) is 10.6 Å². The maximum absolute atomic E-state index is 12.1. The topological polar surface area (TPSA) is 85.8 Å². The van der Waals surface area contributed by atoms with Crippen LogP contribution in [-0.4, -0.2) is 61.9 Å². The van der Waals surface area contributed by atoms with Crippen LogP contribution in [0.5, 0.6) is 0 Å². The molecule has 1 saturated heterocycles. The minimum absolute atomic E-state index is 0.0166. The van der Waals surface area contributed by atoms with E-state index in [4.69, 9.17) is 11.6 Å². The van der Waals surface area contributed by atoms with E-state index in [0.717, 1.165) is 13.0 Å². The van der Waals surface area contributed by atoms with Crippen LogP contribution in [0.25, 0.3) is 0 Å². The van der Waals surface area contributed by atoms with Crippen molar-refractivity contribution in [3.63, 3.8) is 0 Å². The Hall–Kier alpha value is -2.28. The van der Waals surface area contributed by atoms with Gasteiger partial charge in [-0.25, -0.2) is 0 Å². The number of carbonyl (C=O) groups is 2. The molecule has 0 aromatic heterocycles. The molecule has 1 heterocycles. The molecule has 1 fully saturated rings. The Kier molecular flexibility index (Phi) is 7.91. The third kappa shape index (κ3) is 6.13. The second kappa shape index (κ2) is 10.2. The largest absolute Gasteiger partial charge is 0.355 e. The molecule has 1 aromatic carbocycles. The fourth-order valence-electron chi connectivity index (χ4n) is 2.93. The van der Waals surface area contributed by atoms with Crippen molar-refractivity contribution in [1.29, 1.82) is 0 Å². The third-order valence-corrected chi connectivity index (χ3v) is 4.71. The highest BCUT2D eigenvalue weighted by atomic mass is 35.5. The molecule has 27 heavy (non-hydrogen) atoms. The van der Waals surface area contributed by atoms with Crippen molar-refractivity contribution in [1.82, 2.24) is 20.9 Å². The van der Waals surface area contributed by atoms with Crippen LogP contribution >= 0.6 is 11.6 Å². The van der Waals surface area contributed by atoms with E-state index in [1.165, 1.54) is 0 Å². The number of carbonyl (C=O) groups excluding carboxylic acids is 2. The van der Waals surface area contributed by atoms with Gasteiger partial charge in [0, 0.05) is 45.2 Å². The Morgan fingerprint density at radius 2 is 1.96 bits per heavy atom. The lowest BCUT2D eigenvalue weighted by atomic mass is 10.2. The fraction of sp³-hybridized carbons (Fsp3) is 0.526. The molecule has 7 nitrogen and oxygen atoms in total. The van der Waals surface area contributed by atoms with Crippen LogP contribution in [0.3, 0.4) is 0 Å². The molecule has 0 bridgehead atoms. The summed E-state index contributed by atoms with van der Waals surface area (Å²) in [7, 11) is 1.70. The van der Waals surface area contributed by atoms with Crippen LogP contribution in [0.2, 0.25) is 5.02 Å². The molecule has 148 valence electrons. The average molecular weight is 394 g/mol. The highest BCUT2D eigenvalue weighted by Gasteiger charge is 2.27. The van der Waals surface area contributed by atoms with Crippen LogP contribution in [0, 0.1) is 5.92 Å². The summed E-state index contributed by atoms with van der Waals surface area (Å²) in [5.74, 6) is 0.655. The van der Waals surface area contributed by atoms with Gasteiger partial charge in [-0.1, -0.05) is 37.6 Å². The molecule has 3 N–H and O–H groups in total. The number of halogens is 1. The molecule has 1 unspecified atom stereocenters. The van der Waals surface area contributed by atoms with E-state index in [9.17, 15) is 9.59 Å². The van der Waals surface area contributed by atoms with Gasteiger partial charge in [-0.05, 0) is 18.6 Å². The van der Waals surface area contributed by atoms with Crippen molar-refractivity contribution >= 4 is 29.4 Å². The first kappa shape index (κ1) is 21.0. The van der Waals surface area contributed by atoms with E-state index in [0.29, 0.717) is 36.2 Å². The van der Waals surface area contributed by atoms with E-state index >= 15 is 0 Å². The van der Waals surface area contributed by atoms with E-state index in [1.807, 2.05) is 18.7 Å². The first-order valence-electron chi connectivity index (χ1n) is 9.21. The van der Waals surface area contributed by atoms with E-state index in [-0.39, 0.29) is 23.8 Å². The predicted octanol–water partition coefficient (Wildman–Crippen LogP) is 1.49. The van der Waals surface area contributed by atoms with Gasteiger partial charge < -0.3 is 20.9 Å². The molecule has 0 radical (unpaired) electrons. The normalized spacial score (nSPS) is 17.1. The molecule has 0 saturated carbocycles. The van der Waals surface area contributed by atoms with Crippen LogP contribution in [0.4, 0.5) is 0 Å². The number of hydrogen-bond donors (Lipinski definition) is 3. The highest BCUT2D eigenvalue weighted by Crippen LogP contribution is 2.14. The van der Waals surface area contributed by atoms with Crippen LogP contribution in [0.1, 0.15) is 30.6 Å². The lowest BCUT2D eigenvalue weighted by Crippen LogP contribution is -2.47. The van der Waals surface area contributed by atoms with Gasteiger partial charge in [0.25, 0.3) is 5.91 Å². The number of amides is 2. The average Bonchev–Trinajstić information content (AvgIpc) is 3.12. The highest BCUT2D eigenvalue weighted by molar-refractivity contribution is 6.33. The van der Waals surface area contributed by atoms with Gasteiger partial charge in [-0.2, -0.15) is 0 Å². The standard InChI is InChI=1S/C19H28ClN5O2/c1-13(2)18(27)25-11-8-14(12-25)24-19(21-3)23-10-9-22-17(26)15-6-4-5-7-16(15)20/h4-7,13-14H,8-12H2,1-3H3,(H,22,26)(H2,21,23,24). The molecule has 2 rings (SSSR count). The van der Waals surface area contributed by atoms with Crippen molar-refractivity contribution in [3.8, 4) is 0 Å². The van der Waals surface area contributed by atoms with Gasteiger partial charge >= 0.3 is 0 Å². The van der Waals surface area contributed by atoms with Gasteiger partial charge in [-0.3, -0.25) is 14.6 Å². The Balaban J connectivity index is 1.71. The summed E-state index contributed by atoms with van der Waals surface area (Å²) in [5, 5.41) is 9.76. The first-order chi connectivity index (χ1) is 12.9. The Labute approximate surface area is 165 Å². The second-order valence-corrected chi connectivity index (χ2v) is 7.21. The van der Waals surface area contributed by atoms with Crippen molar-refractivity contribution in [2.75, 3.05) is 33.2 Å². The summed E-state index contributed by atoms with van der Waals surface area (Å²) in [6, 6.07) is 7.12. The van der Waals surface area contributed by atoms with Crippen molar-refractivity contribution < 1.29 is 9.59 Å². The lowest BCUT2D eigenvalue weighted by Gasteiger charge is -2.20. The first-order valence-corrected chi connectivity index (χ1v) is 9.59. The lowest BCUT2D eigenvalue weighted by molar-refractivity contribution is -0.133. The minimum atomic E-state index is -0.205. The maximum atomic E-state index is 12.1. The SMILES string of the molecule is CN=C(NCCNC(=O)c1ccccc1Cl)NC1CCN(C(=O)C(C)C)C1. The number of benzene rings is 1. The molecule has 0 aliphatic carbocycles. The van der Waals surface area contributed by atoms with Crippen LogP contribution in [0.15, 0.2) is 29.3 Å². The summed E-state index contributed by atoms with van der Waals surface area (Å²) >= 11 is 6.02. The third-order valence-electron chi connectivity index (χ3n) is 4.38. The summed E-state index contributed by atoms with van der Waals surface area (Å²) in [4.78, 5) is 30.3. The van der Waals surface area contributed by atoms with E-state index < -0.39 is 0 Å². The van der Waals surface area contributed by atoms with Gasteiger partial charge in [-0.15, -0.1) is 0 Å². The van der Waals surface area contributed by atoms with E-state index in [2.05, 4.69) is 20.9 Å². The van der Waals surface area contributed by atoms with Gasteiger partial charge in [0.15, 0.2) is 5.96 Å². The summed E-state index contributed by atoms with van der Waals surface area (Å²) in [6.45, 7) is 6.24. The van der Waals surface area contributed by atoms with Gasteiger partial charge in [0.1, 0.15) is 0 Å². The molecule has 1 aliphatic rings. The van der Waals surface area contributed by atoms with Crippen LogP contribution < -0.4 is 16.0 Å². The zero-order valence-corrected chi connectivity index (χ0v) is 16.8. The fourth-order valence-corrected chi connectivity index (χ4v) is 3.15. The number of rotatable bonds is 6.